The molecule has 0 N–H and O–H groups in total. The number of halogens is 3. The fraction of sp³-hybridized carbons (Fsp3) is 0.300. The normalized spacial score (nSPS) is 17.6. The van der Waals surface area contributed by atoms with Crippen LogP contribution in [0.4, 0.5) is 8.78 Å². The first kappa shape index (κ1) is 9.60. The molecule has 1 fully saturated rings. The van der Waals surface area contributed by atoms with E-state index in [1.165, 1.54) is 12.1 Å². The summed E-state index contributed by atoms with van der Waals surface area (Å²) in [6, 6.07) is 4.36. The molecule has 72 valence electrons. The fourth-order valence-electron chi connectivity index (χ4n) is 1.54. The molecule has 0 unspecified atom stereocenters. The van der Waals surface area contributed by atoms with Gasteiger partial charge >= 0.3 is 0 Å². The molecule has 1 aromatic rings. The van der Waals surface area contributed by atoms with E-state index < -0.39 is 17.0 Å². The topological polar surface area (TPSA) is 23.8 Å². The molecule has 0 saturated heterocycles. The van der Waals surface area contributed by atoms with Crippen LogP contribution in [0.15, 0.2) is 16.6 Å². The van der Waals surface area contributed by atoms with Gasteiger partial charge in [-0.2, -0.15) is 5.26 Å². The summed E-state index contributed by atoms with van der Waals surface area (Å²) < 4.78 is 27.2. The van der Waals surface area contributed by atoms with E-state index in [1.807, 2.05) is 6.07 Å². The highest BCUT2D eigenvalue weighted by molar-refractivity contribution is 9.10. The van der Waals surface area contributed by atoms with Crippen molar-refractivity contribution in [3.63, 3.8) is 0 Å². The number of hydrogen-bond donors (Lipinski definition) is 0. The van der Waals surface area contributed by atoms with Crippen LogP contribution in [-0.4, -0.2) is 0 Å². The van der Waals surface area contributed by atoms with E-state index >= 15 is 0 Å². The van der Waals surface area contributed by atoms with Gasteiger partial charge in [-0.15, -0.1) is 0 Å². The maximum atomic E-state index is 13.4. The first-order chi connectivity index (χ1) is 6.59. The number of benzene rings is 1. The maximum Gasteiger partial charge on any atom is 0.132 e. The Morgan fingerprint density at radius 3 is 2.14 bits per heavy atom. The van der Waals surface area contributed by atoms with E-state index in [2.05, 4.69) is 15.9 Å². The minimum atomic E-state index is -0.908. The zero-order valence-electron chi connectivity index (χ0n) is 7.15. The Kier molecular flexibility index (Phi) is 2.07. The smallest absolute Gasteiger partial charge is 0.132 e. The Bertz CT molecular complexity index is 409. The SMILES string of the molecule is N#CC1(c2c(F)cc(Br)cc2F)CC1. The molecular formula is C10H6BrF2N. The molecule has 0 aromatic heterocycles. The van der Waals surface area contributed by atoms with Crippen molar-refractivity contribution < 1.29 is 8.78 Å². The third kappa shape index (κ3) is 1.32. The second-order valence-corrected chi connectivity index (χ2v) is 4.35. The predicted octanol–water partition coefficient (Wildman–Crippen LogP) is 3.28. The van der Waals surface area contributed by atoms with Crippen molar-refractivity contribution in [1.82, 2.24) is 0 Å². The standard InChI is InChI=1S/C10H6BrF2N/c11-6-3-7(12)9(8(13)4-6)10(5-14)1-2-10/h3-4H,1-2H2. The van der Waals surface area contributed by atoms with Gasteiger partial charge in [0, 0.05) is 10.0 Å². The predicted molar refractivity (Wildman–Crippen MR) is 50.6 cm³/mol. The van der Waals surface area contributed by atoms with Gasteiger partial charge in [-0.1, -0.05) is 15.9 Å². The van der Waals surface area contributed by atoms with Crippen molar-refractivity contribution >= 4 is 15.9 Å². The molecule has 0 atom stereocenters. The van der Waals surface area contributed by atoms with Crippen LogP contribution in [0.1, 0.15) is 18.4 Å². The largest absolute Gasteiger partial charge is 0.206 e. The molecule has 0 heterocycles. The highest BCUT2D eigenvalue weighted by Crippen LogP contribution is 2.49. The summed E-state index contributed by atoms with van der Waals surface area (Å²) in [5.74, 6) is -1.29. The van der Waals surface area contributed by atoms with E-state index in [-0.39, 0.29) is 5.56 Å². The second kappa shape index (κ2) is 3.03. The summed E-state index contributed by atoms with van der Waals surface area (Å²) in [5.41, 5.74) is -0.988. The van der Waals surface area contributed by atoms with Crippen LogP contribution in [0.5, 0.6) is 0 Å². The van der Waals surface area contributed by atoms with Gasteiger partial charge in [0.15, 0.2) is 0 Å². The molecule has 0 radical (unpaired) electrons. The molecule has 0 aliphatic heterocycles. The van der Waals surface area contributed by atoms with Crippen molar-refractivity contribution in [2.45, 2.75) is 18.3 Å². The Balaban J connectivity index is 2.60. The van der Waals surface area contributed by atoms with Crippen LogP contribution >= 0.6 is 15.9 Å². The van der Waals surface area contributed by atoms with Crippen LogP contribution in [0.3, 0.4) is 0 Å². The van der Waals surface area contributed by atoms with Gasteiger partial charge in [0.05, 0.1) is 11.5 Å². The van der Waals surface area contributed by atoms with Gasteiger partial charge in [-0.05, 0) is 25.0 Å². The van der Waals surface area contributed by atoms with E-state index in [0.717, 1.165) is 0 Å². The lowest BCUT2D eigenvalue weighted by Gasteiger charge is -2.09. The Morgan fingerprint density at radius 2 is 1.79 bits per heavy atom. The summed E-state index contributed by atoms with van der Waals surface area (Å²) in [5, 5.41) is 8.83. The van der Waals surface area contributed by atoms with Crippen LogP contribution < -0.4 is 0 Å². The fourth-order valence-corrected chi connectivity index (χ4v) is 1.94. The van der Waals surface area contributed by atoms with Gasteiger partial charge < -0.3 is 0 Å². The number of nitrogens with zero attached hydrogens (tertiary/aromatic N) is 1. The van der Waals surface area contributed by atoms with Crippen LogP contribution in [0, 0.1) is 23.0 Å². The molecule has 2 rings (SSSR count). The Hall–Kier alpha value is -0.950. The van der Waals surface area contributed by atoms with E-state index in [0.29, 0.717) is 17.3 Å². The number of nitriles is 1. The first-order valence-corrected chi connectivity index (χ1v) is 4.95. The highest BCUT2D eigenvalue weighted by atomic mass is 79.9. The molecule has 4 heteroatoms. The number of hydrogen-bond acceptors (Lipinski definition) is 1. The van der Waals surface area contributed by atoms with Gasteiger partial charge in [-0.3, -0.25) is 0 Å². The summed E-state index contributed by atoms with van der Waals surface area (Å²) in [6.07, 6.45) is 1.08. The third-order valence-corrected chi connectivity index (χ3v) is 2.91. The van der Waals surface area contributed by atoms with E-state index in [4.69, 9.17) is 5.26 Å². The molecule has 1 saturated carbocycles. The van der Waals surface area contributed by atoms with Gasteiger partial charge in [0.25, 0.3) is 0 Å². The Labute approximate surface area is 88.5 Å². The van der Waals surface area contributed by atoms with Crippen molar-refractivity contribution in [2.75, 3.05) is 0 Å². The summed E-state index contributed by atoms with van der Waals surface area (Å²) in [4.78, 5) is 0. The summed E-state index contributed by atoms with van der Waals surface area (Å²) in [6.45, 7) is 0. The zero-order chi connectivity index (χ0) is 10.3. The third-order valence-electron chi connectivity index (χ3n) is 2.45. The molecule has 1 aliphatic carbocycles. The van der Waals surface area contributed by atoms with Crippen molar-refractivity contribution in [2.24, 2.45) is 0 Å². The van der Waals surface area contributed by atoms with Crippen LogP contribution in [0.25, 0.3) is 0 Å². The minimum absolute atomic E-state index is 0.0804. The zero-order valence-corrected chi connectivity index (χ0v) is 8.74. The Morgan fingerprint density at radius 1 is 1.29 bits per heavy atom. The van der Waals surface area contributed by atoms with Crippen LogP contribution in [-0.2, 0) is 5.41 Å². The lowest BCUT2D eigenvalue weighted by Crippen LogP contribution is -2.09. The van der Waals surface area contributed by atoms with E-state index in [9.17, 15) is 8.78 Å². The molecule has 14 heavy (non-hydrogen) atoms. The lowest BCUT2D eigenvalue weighted by molar-refractivity contribution is 0.541. The quantitative estimate of drug-likeness (QED) is 0.758. The van der Waals surface area contributed by atoms with Gasteiger partial charge in [0.2, 0.25) is 0 Å². The molecule has 0 spiro atoms. The first-order valence-electron chi connectivity index (χ1n) is 4.15. The monoisotopic (exact) mass is 257 g/mol. The average Bonchev–Trinajstić information content (AvgIpc) is 2.83. The molecular weight excluding hydrogens is 252 g/mol. The second-order valence-electron chi connectivity index (χ2n) is 3.44. The average molecular weight is 258 g/mol. The molecule has 1 aromatic carbocycles. The molecule has 0 amide bonds. The molecule has 0 bridgehead atoms. The van der Waals surface area contributed by atoms with Crippen molar-refractivity contribution in [3.05, 3.63) is 33.8 Å². The van der Waals surface area contributed by atoms with Gasteiger partial charge in [0.1, 0.15) is 11.6 Å². The summed E-state index contributed by atoms with van der Waals surface area (Å²) >= 11 is 2.99. The maximum absolute atomic E-state index is 13.4. The minimum Gasteiger partial charge on any atom is -0.206 e. The van der Waals surface area contributed by atoms with Crippen molar-refractivity contribution in [1.29, 1.82) is 5.26 Å². The van der Waals surface area contributed by atoms with Gasteiger partial charge in [-0.25, -0.2) is 8.78 Å². The van der Waals surface area contributed by atoms with Crippen molar-refractivity contribution in [3.8, 4) is 6.07 Å². The lowest BCUT2D eigenvalue weighted by atomic mass is 9.96. The van der Waals surface area contributed by atoms with E-state index in [1.54, 1.807) is 0 Å². The molecule has 1 aliphatic rings. The highest BCUT2D eigenvalue weighted by Gasteiger charge is 2.48. The summed E-state index contributed by atoms with van der Waals surface area (Å²) in [7, 11) is 0. The number of rotatable bonds is 1. The molecule has 1 nitrogen and oxygen atoms in total. The van der Waals surface area contributed by atoms with Crippen LogP contribution in [0.2, 0.25) is 0 Å².